The van der Waals surface area contributed by atoms with Crippen molar-refractivity contribution in [1.29, 1.82) is 0 Å². The van der Waals surface area contributed by atoms with Crippen molar-refractivity contribution < 1.29 is 9.18 Å². The lowest BCUT2D eigenvalue weighted by atomic mass is 9.97. The van der Waals surface area contributed by atoms with E-state index in [0.717, 1.165) is 16.8 Å². The molecule has 0 atom stereocenters. The summed E-state index contributed by atoms with van der Waals surface area (Å²) in [6, 6.07) is 7.95. The van der Waals surface area contributed by atoms with Gasteiger partial charge < -0.3 is 11.1 Å². The van der Waals surface area contributed by atoms with Gasteiger partial charge in [-0.05, 0) is 30.7 Å². The van der Waals surface area contributed by atoms with E-state index >= 15 is 0 Å². The minimum absolute atomic E-state index is 0.0169. The van der Waals surface area contributed by atoms with Gasteiger partial charge in [-0.3, -0.25) is 4.79 Å². The topological polar surface area (TPSA) is 93.8 Å². The van der Waals surface area contributed by atoms with Crippen molar-refractivity contribution in [2.24, 2.45) is 0 Å². The SMILES string of the molecule is CCc1ncnc(-c2ccc(C(=O)NC)c(F)c2)c1-c1ccc(N)nc1. The molecule has 0 radical (unpaired) electrons. The van der Waals surface area contributed by atoms with Crippen LogP contribution in [-0.4, -0.2) is 27.9 Å². The largest absolute Gasteiger partial charge is 0.384 e. The number of rotatable bonds is 4. The third kappa shape index (κ3) is 3.23. The molecule has 3 aromatic rings. The molecule has 7 heteroatoms. The van der Waals surface area contributed by atoms with Gasteiger partial charge in [-0.15, -0.1) is 0 Å². The fourth-order valence-corrected chi connectivity index (χ4v) is 2.75. The van der Waals surface area contributed by atoms with E-state index in [0.29, 0.717) is 23.5 Å². The van der Waals surface area contributed by atoms with Crippen LogP contribution >= 0.6 is 0 Å². The molecule has 0 aliphatic heterocycles. The fraction of sp³-hybridized carbons (Fsp3) is 0.158. The van der Waals surface area contributed by atoms with Crippen LogP contribution in [0.15, 0.2) is 42.9 Å². The Bertz CT molecular complexity index is 957. The summed E-state index contributed by atoms with van der Waals surface area (Å²) in [4.78, 5) is 24.5. The van der Waals surface area contributed by atoms with E-state index in [9.17, 15) is 9.18 Å². The molecule has 2 aromatic heterocycles. The molecule has 3 rings (SSSR count). The standard InChI is InChI=1S/C19H18FN5O/c1-3-15-17(12-5-7-16(21)23-9-12)18(25-10-24-15)11-4-6-13(14(20)8-11)19(26)22-2/h4-10H,3H2,1-2H3,(H2,21,23)(H,22,26). The zero-order valence-electron chi connectivity index (χ0n) is 14.5. The summed E-state index contributed by atoms with van der Waals surface area (Å²) in [7, 11) is 1.46. The van der Waals surface area contributed by atoms with Gasteiger partial charge in [0.1, 0.15) is 18.0 Å². The number of aromatic nitrogens is 3. The van der Waals surface area contributed by atoms with Crippen molar-refractivity contribution in [2.75, 3.05) is 12.8 Å². The lowest BCUT2D eigenvalue weighted by molar-refractivity contribution is 0.0959. The molecule has 1 aromatic carbocycles. The summed E-state index contributed by atoms with van der Waals surface area (Å²) in [6.45, 7) is 1.98. The van der Waals surface area contributed by atoms with Crippen molar-refractivity contribution in [3.05, 3.63) is 59.9 Å². The Labute approximate surface area is 150 Å². The van der Waals surface area contributed by atoms with E-state index in [1.54, 1.807) is 18.3 Å². The Morgan fingerprint density at radius 1 is 1.15 bits per heavy atom. The molecule has 6 nitrogen and oxygen atoms in total. The molecule has 132 valence electrons. The summed E-state index contributed by atoms with van der Waals surface area (Å²) in [5.41, 5.74) is 9.17. The molecule has 0 bridgehead atoms. The van der Waals surface area contributed by atoms with Crippen LogP contribution in [0.3, 0.4) is 0 Å². The second kappa shape index (κ2) is 7.26. The van der Waals surface area contributed by atoms with E-state index < -0.39 is 11.7 Å². The number of nitrogens with zero attached hydrogens (tertiary/aromatic N) is 3. The summed E-state index contributed by atoms with van der Waals surface area (Å²) in [5, 5.41) is 2.42. The second-order valence-electron chi connectivity index (χ2n) is 5.64. The molecule has 26 heavy (non-hydrogen) atoms. The maximum atomic E-state index is 14.4. The molecule has 0 aliphatic carbocycles. The smallest absolute Gasteiger partial charge is 0.253 e. The monoisotopic (exact) mass is 351 g/mol. The van der Waals surface area contributed by atoms with E-state index in [2.05, 4.69) is 20.3 Å². The normalized spacial score (nSPS) is 10.6. The van der Waals surface area contributed by atoms with Crippen molar-refractivity contribution in [3.8, 4) is 22.4 Å². The van der Waals surface area contributed by atoms with Crippen LogP contribution in [0.2, 0.25) is 0 Å². The van der Waals surface area contributed by atoms with Gasteiger partial charge in [0, 0.05) is 29.9 Å². The Balaban J connectivity index is 2.18. The number of hydrogen-bond acceptors (Lipinski definition) is 5. The molecule has 0 saturated heterocycles. The summed E-state index contributed by atoms with van der Waals surface area (Å²) >= 11 is 0. The first-order valence-corrected chi connectivity index (χ1v) is 8.13. The van der Waals surface area contributed by atoms with E-state index in [1.807, 2.05) is 13.0 Å². The first kappa shape index (κ1) is 17.5. The lowest BCUT2D eigenvalue weighted by Crippen LogP contribution is -2.19. The Kier molecular flexibility index (Phi) is 4.88. The van der Waals surface area contributed by atoms with Crippen LogP contribution in [0.5, 0.6) is 0 Å². The highest BCUT2D eigenvalue weighted by Crippen LogP contribution is 2.33. The molecular formula is C19H18FN5O. The number of nitrogens with one attached hydrogen (secondary N) is 1. The molecule has 0 saturated carbocycles. The van der Waals surface area contributed by atoms with Crippen LogP contribution in [0, 0.1) is 5.82 Å². The number of amides is 1. The van der Waals surface area contributed by atoms with Gasteiger partial charge in [-0.2, -0.15) is 0 Å². The number of nitrogen functional groups attached to an aromatic ring is 1. The zero-order valence-corrected chi connectivity index (χ0v) is 14.5. The third-order valence-electron chi connectivity index (χ3n) is 4.05. The molecule has 3 N–H and O–H groups in total. The van der Waals surface area contributed by atoms with Crippen molar-refractivity contribution in [3.63, 3.8) is 0 Å². The maximum Gasteiger partial charge on any atom is 0.253 e. The van der Waals surface area contributed by atoms with E-state index in [-0.39, 0.29) is 5.56 Å². The van der Waals surface area contributed by atoms with Gasteiger partial charge in [0.25, 0.3) is 5.91 Å². The van der Waals surface area contributed by atoms with Gasteiger partial charge in [0.05, 0.1) is 17.0 Å². The first-order valence-electron chi connectivity index (χ1n) is 8.13. The lowest BCUT2D eigenvalue weighted by Gasteiger charge is -2.13. The second-order valence-corrected chi connectivity index (χ2v) is 5.64. The number of hydrogen-bond donors (Lipinski definition) is 2. The van der Waals surface area contributed by atoms with Crippen LogP contribution in [0.4, 0.5) is 10.2 Å². The average molecular weight is 351 g/mol. The van der Waals surface area contributed by atoms with E-state index in [1.165, 1.54) is 25.5 Å². The van der Waals surface area contributed by atoms with Gasteiger partial charge in [0.15, 0.2) is 0 Å². The van der Waals surface area contributed by atoms with E-state index in [4.69, 9.17) is 5.73 Å². The predicted molar refractivity (Wildman–Crippen MR) is 97.8 cm³/mol. The van der Waals surface area contributed by atoms with Gasteiger partial charge in [-0.25, -0.2) is 19.3 Å². The molecule has 2 heterocycles. The average Bonchev–Trinajstić information content (AvgIpc) is 2.67. The number of anilines is 1. The highest BCUT2D eigenvalue weighted by molar-refractivity contribution is 5.95. The third-order valence-corrected chi connectivity index (χ3v) is 4.05. The highest BCUT2D eigenvalue weighted by Gasteiger charge is 2.17. The quantitative estimate of drug-likeness (QED) is 0.754. The number of pyridine rings is 1. The Morgan fingerprint density at radius 2 is 1.92 bits per heavy atom. The molecule has 0 unspecified atom stereocenters. The summed E-state index contributed by atoms with van der Waals surface area (Å²) in [5.74, 6) is -0.681. The molecular weight excluding hydrogens is 333 g/mol. The number of carbonyl (C=O) groups excluding carboxylic acids is 1. The predicted octanol–water partition coefficient (Wildman–Crippen LogP) is 2.85. The van der Waals surface area contributed by atoms with Crippen LogP contribution in [0.1, 0.15) is 23.0 Å². The van der Waals surface area contributed by atoms with Crippen molar-refractivity contribution in [2.45, 2.75) is 13.3 Å². The van der Waals surface area contributed by atoms with Crippen LogP contribution < -0.4 is 11.1 Å². The minimum Gasteiger partial charge on any atom is -0.384 e. The van der Waals surface area contributed by atoms with Gasteiger partial charge in [-0.1, -0.05) is 13.0 Å². The number of carbonyl (C=O) groups is 1. The first-order chi connectivity index (χ1) is 12.5. The van der Waals surface area contributed by atoms with Gasteiger partial charge >= 0.3 is 0 Å². The highest BCUT2D eigenvalue weighted by atomic mass is 19.1. The number of aryl methyl sites for hydroxylation is 1. The molecule has 0 fully saturated rings. The molecule has 1 amide bonds. The number of halogens is 1. The number of nitrogens with two attached hydrogens (primary N) is 1. The minimum atomic E-state index is -0.611. The molecule has 0 spiro atoms. The summed E-state index contributed by atoms with van der Waals surface area (Å²) < 4.78 is 14.4. The fourth-order valence-electron chi connectivity index (χ4n) is 2.75. The Morgan fingerprint density at radius 3 is 2.54 bits per heavy atom. The Hall–Kier alpha value is -3.35. The van der Waals surface area contributed by atoms with Gasteiger partial charge in [0.2, 0.25) is 0 Å². The van der Waals surface area contributed by atoms with Crippen LogP contribution in [0.25, 0.3) is 22.4 Å². The maximum absolute atomic E-state index is 14.4. The van der Waals surface area contributed by atoms with Crippen LogP contribution in [-0.2, 0) is 6.42 Å². The van der Waals surface area contributed by atoms with Crippen molar-refractivity contribution >= 4 is 11.7 Å². The summed E-state index contributed by atoms with van der Waals surface area (Å²) in [6.07, 6.45) is 3.77. The number of benzene rings is 1. The molecule has 0 aliphatic rings. The van der Waals surface area contributed by atoms with Crippen molar-refractivity contribution in [1.82, 2.24) is 20.3 Å². The zero-order chi connectivity index (χ0) is 18.7.